The first-order valence-corrected chi connectivity index (χ1v) is 9.43. The molecule has 0 aromatic rings. The summed E-state index contributed by atoms with van der Waals surface area (Å²) in [5.74, 6) is 1.68. The Labute approximate surface area is 139 Å². The molecule has 0 aromatic heterocycles. The van der Waals surface area contributed by atoms with Crippen LogP contribution in [0.5, 0.6) is 0 Å². The van der Waals surface area contributed by atoms with Crippen molar-refractivity contribution in [2.45, 2.75) is 45.4 Å². The van der Waals surface area contributed by atoms with Crippen LogP contribution in [0.1, 0.15) is 45.4 Å². The number of nitrogens with one attached hydrogen (secondary N) is 1. The number of hydrogen-bond donors (Lipinski definition) is 1. The molecule has 0 aliphatic carbocycles. The average molecular weight is 321 g/mol. The second-order valence-corrected chi connectivity index (χ2v) is 7.65. The van der Waals surface area contributed by atoms with E-state index in [-0.39, 0.29) is 11.8 Å². The normalized spacial score (nSPS) is 28.0. The van der Waals surface area contributed by atoms with Gasteiger partial charge in [0.05, 0.1) is 5.92 Å². The van der Waals surface area contributed by atoms with Crippen molar-refractivity contribution in [2.75, 3.05) is 39.3 Å². The van der Waals surface area contributed by atoms with Crippen molar-refractivity contribution in [1.29, 1.82) is 0 Å². The Morgan fingerprint density at radius 1 is 0.826 bits per heavy atom. The van der Waals surface area contributed by atoms with Crippen LogP contribution in [0.25, 0.3) is 0 Å². The van der Waals surface area contributed by atoms with E-state index >= 15 is 0 Å². The zero-order valence-corrected chi connectivity index (χ0v) is 14.4. The summed E-state index contributed by atoms with van der Waals surface area (Å²) in [6.45, 7) is 7.50. The number of amides is 2. The van der Waals surface area contributed by atoms with Crippen molar-refractivity contribution < 1.29 is 9.59 Å². The van der Waals surface area contributed by atoms with Crippen molar-refractivity contribution in [3.05, 3.63) is 0 Å². The number of rotatable bonds is 2. The Kier molecular flexibility index (Phi) is 5.57. The van der Waals surface area contributed by atoms with Gasteiger partial charge < -0.3 is 15.1 Å². The minimum absolute atomic E-state index is 0.136. The minimum atomic E-state index is 0.136. The van der Waals surface area contributed by atoms with E-state index in [1.807, 2.05) is 4.90 Å². The largest absolute Gasteiger partial charge is 0.342 e. The monoisotopic (exact) mass is 321 g/mol. The molecule has 0 aromatic carbocycles. The SMILES string of the molecule is CC1CCN(C(=O)C2CCN(C(=O)C3CCCNC3)CC2)CC1. The van der Waals surface area contributed by atoms with Crippen LogP contribution in [-0.2, 0) is 9.59 Å². The van der Waals surface area contributed by atoms with Crippen molar-refractivity contribution in [2.24, 2.45) is 17.8 Å². The third kappa shape index (κ3) is 4.06. The third-order valence-corrected chi connectivity index (χ3v) is 5.90. The predicted molar refractivity (Wildman–Crippen MR) is 89.9 cm³/mol. The van der Waals surface area contributed by atoms with Gasteiger partial charge in [-0.1, -0.05) is 6.92 Å². The molecule has 0 saturated carbocycles. The van der Waals surface area contributed by atoms with Gasteiger partial charge in [-0.25, -0.2) is 0 Å². The fourth-order valence-electron chi connectivity index (χ4n) is 4.15. The lowest BCUT2D eigenvalue weighted by Crippen LogP contribution is -2.49. The molecule has 5 heteroatoms. The van der Waals surface area contributed by atoms with Gasteiger partial charge in [-0.05, 0) is 51.0 Å². The second-order valence-electron chi connectivity index (χ2n) is 7.65. The summed E-state index contributed by atoms with van der Waals surface area (Å²) >= 11 is 0. The van der Waals surface area contributed by atoms with Crippen molar-refractivity contribution in [3.8, 4) is 0 Å². The molecule has 2 amide bonds. The molecule has 3 aliphatic heterocycles. The molecule has 130 valence electrons. The van der Waals surface area contributed by atoms with E-state index in [0.29, 0.717) is 11.8 Å². The summed E-state index contributed by atoms with van der Waals surface area (Å²) in [7, 11) is 0. The number of likely N-dealkylation sites (tertiary alicyclic amines) is 2. The standard InChI is InChI=1S/C18H31N3O2/c1-14-4-9-20(10-5-14)17(22)15-6-11-21(12-7-15)18(23)16-3-2-8-19-13-16/h14-16,19H,2-13H2,1H3. The highest BCUT2D eigenvalue weighted by molar-refractivity contribution is 5.81. The zero-order valence-electron chi connectivity index (χ0n) is 14.4. The van der Waals surface area contributed by atoms with Crippen LogP contribution in [0.4, 0.5) is 0 Å². The molecule has 1 unspecified atom stereocenters. The third-order valence-electron chi connectivity index (χ3n) is 5.90. The summed E-state index contributed by atoms with van der Waals surface area (Å²) in [4.78, 5) is 29.3. The van der Waals surface area contributed by atoms with Gasteiger partial charge in [-0.15, -0.1) is 0 Å². The lowest BCUT2D eigenvalue weighted by atomic mass is 9.91. The number of carbonyl (C=O) groups excluding carboxylic acids is 2. The minimum Gasteiger partial charge on any atom is -0.342 e. The van der Waals surface area contributed by atoms with E-state index in [9.17, 15) is 9.59 Å². The average Bonchev–Trinajstić information content (AvgIpc) is 2.62. The van der Waals surface area contributed by atoms with E-state index in [4.69, 9.17) is 0 Å². The fourth-order valence-corrected chi connectivity index (χ4v) is 4.15. The maximum absolute atomic E-state index is 12.7. The first-order valence-electron chi connectivity index (χ1n) is 9.43. The Morgan fingerprint density at radius 3 is 1.96 bits per heavy atom. The first-order chi connectivity index (χ1) is 11.1. The lowest BCUT2D eigenvalue weighted by Gasteiger charge is -2.38. The summed E-state index contributed by atoms with van der Waals surface area (Å²) < 4.78 is 0. The highest BCUT2D eigenvalue weighted by Gasteiger charge is 2.33. The van der Waals surface area contributed by atoms with Crippen molar-refractivity contribution in [3.63, 3.8) is 0 Å². The van der Waals surface area contributed by atoms with Crippen LogP contribution in [0.3, 0.4) is 0 Å². The number of piperidine rings is 3. The maximum atomic E-state index is 12.7. The molecule has 3 heterocycles. The predicted octanol–water partition coefficient (Wildman–Crippen LogP) is 1.48. The van der Waals surface area contributed by atoms with Crippen LogP contribution in [0.2, 0.25) is 0 Å². The second kappa shape index (κ2) is 7.65. The highest BCUT2D eigenvalue weighted by Crippen LogP contribution is 2.25. The van der Waals surface area contributed by atoms with Gasteiger partial charge >= 0.3 is 0 Å². The molecule has 0 radical (unpaired) electrons. The Morgan fingerprint density at radius 2 is 1.39 bits per heavy atom. The fraction of sp³-hybridized carbons (Fsp3) is 0.889. The highest BCUT2D eigenvalue weighted by atomic mass is 16.2. The zero-order chi connectivity index (χ0) is 16.2. The number of hydrogen-bond acceptors (Lipinski definition) is 3. The number of nitrogens with zero attached hydrogens (tertiary/aromatic N) is 2. The molecule has 0 bridgehead atoms. The summed E-state index contributed by atoms with van der Waals surface area (Å²) in [5.41, 5.74) is 0. The van der Waals surface area contributed by atoms with Gasteiger partial charge in [0.15, 0.2) is 0 Å². The lowest BCUT2D eigenvalue weighted by molar-refractivity contribution is -0.143. The molecular weight excluding hydrogens is 290 g/mol. The van der Waals surface area contributed by atoms with E-state index in [2.05, 4.69) is 17.1 Å². The molecule has 23 heavy (non-hydrogen) atoms. The topological polar surface area (TPSA) is 52.7 Å². The van der Waals surface area contributed by atoms with Gasteiger partial charge in [-0.2, -0.15) is 0 Å². The maximum Gasteiger partial charge on any atom is 0.226 e. The number of carbonyl (C=O) groups is 2. The summed E-state index contributed by atoms with van der Waals surface area (Å²) in [5, 5.41) is 3.32. The molecule has 3 aliphatic rings. The van der Waals surface area contributed by atoms with Crippen LogP contribution in [-0.4, -0.2) is 60.9 Å². The quantitative estimate of drug-likeness (QED) is 0.838. The van der Waals surface area contributed by atoms with Crippen molar-refractivity contribution in [1.82, 2.24) is 15.1 Å². The molecular formula is C18H31N3O2. The van der Waals surface area contributed by atoms with Gasteiger partial charge in [-0.3, -0.25) is 9.59 Å². The molecule has 3 fully saturated rings. The van der Waals surface area contributed by atoms with Crippen LogP contribution < -0.4 is 5.32 Å². The van der Waals surface area contributed by atoms with Gasteiger partial charge in [0.1, 0.15) is 0 Å². The van der Waals surface area contributed by atoms with E-state index < -0.39 is 0 Å². The molecule has 3 rings (SSSR count). The van der Waals surface area contributed by atoms with Crippen LogP contribution in [0, 0.1) is 17.8 Å². The van der Waals surface area contributed by atoms with E-state index in [0.717, 1.165) is 83.7 Å². The van der Waals surface area contributed by atoms with Gasteiger partial charge in [0.25, 0.3) is 0 Å². The van der Waals surface area contributed by atoms with Gasteiger partial charge in [0, 0.05) is 38.6 Å². The van der Waals surface area contributed by atoms with Gasteiger partial charge in [0.2, 0.25) is 11.8 Å². The molecule has 3 saturated heterocycles. The van der Waals surface area contributed by atoms with E-state index in [1.54, 1.807) is 0 Å². The summed E-state index contributed by atoms with van der Waals surface area (Å²) in [6, 6.07) is 0. The Hall–Kier alpha value is -1.10. The smallest absolute Gasteiger partial charge is 0.226 e. The molecule has 1 atom stereocenters. The molecule has 1 N–H and O–H groups in total. The van der Waals surface area contributed by atoms with E-state index in [1.165, 1.54) is 0 Å². The van der Waals surface area contributed by atoms with Crippen molar-refractivity contribution >= 4 is 11.8 Å². The molecule has 5 nitrogen and oxygen atoms in total. The Balaban J connectivity index is 1.46. The first kappa shape index (κ1) is 16.7. The Bertz CT molecular complexity index is 418. The van der Waals surface area contributed by atoms with Crippen LogP contribution in [0.15, 0.2) is 0 Å². The van der Waals surface area contributed by atoms with Crippen LogP contribution >= 0.6 is 0 Å². The summed E-state index contributed by atoms with van der Waals surface area (Å²) in [6.07, 6.45) is 6.07. The molecule has 0 spiro atoms.